The van der Waals surface area contributed by atoms with Crippen molar-refractivity contribution in [3.05, 3.63) is 30.1 Å². The molecule has 1 unspecified atom stereocenters. The second-order valence-corrected chi connectivity index (χ2v) is 5.24. The van der Waals surface area contributed by atoms with Gasteiger partial charge in [-0.2, -0.15) is 0 Å². The molecule has 18 heavy (non-hydrogen) atoms. The highest BCUT2D eigenvalue weighted by Crippen LogP contribution is 2.21. The standard InChI is InChI=1S/C14H21N3O/c1-14(7-3-4-9-16-14)13(18)17(2)11-12-6-5-8-15-10-12/h5-6,8,10,16H,3-4,7,9,11H2,1-2H3. The minimum atomic E-state index is -0.394. The lowest BCUT2D eigenvalue weighted by Gasteiger charge is -2.36. The number of carbonyl (C=O) groups is 1. The van der Waals surface area contributed by atoms with Crippen molar-refractivity contribution in [3.8, 4) is 0 Å². The minimum absolute atomic E-state index is 0.172. The molecule has 1 aliphatic heterocycles. The Morgan fingerprint density at radius 2 is 2.39 bits per heavy atom. The highest BCUT2D eigenvalue weighted by molar-refractivity contribution is 5.85. The van der Waals surface area contributed by atoms with Crippen LogP contribution in [0.15, 0.2) is 24.5 Å². The molecule has 0 aliphatic carbocycles. The SMILES string of the molecule is CN(Cc1cccnc1)C(=O)C1(C)CCCCN1. The van der Waals surface area contributed by atoms with Crippen LogP contribution in [0.5, 0.6) is 0 Å². The number of aromatic nitrogens is 1. The van der Waals surface area contributed by atoms with Crippen molar-refractivity contribution in [1.82, 2.24) is 15.2 Å². The Morgan fingerprint density at radius 1 is 1.56 bits per heavy atom. The Bertz CT molecular complexity index is 399. The minimum Gasteiger partial charge on any atom is -0.340 e. The molecular formula is C14H21N3O. The summed E-state index contributed by atoms with van der Waals surface area (Å²) in [7, 11) is 1.86. The molecule has 98 valence electrons. The smallest absolute Gasteiger partial charge is 0.242 e. The maximum Gasteiger partial charge on any atom is 0.242 e. The highest BCUT2D eigenvalue weighted by atomic mass is 16.2. The maximum absolute atomic E-state index is 12.5. The molecule has 0 bridgehead atoms. The number of nitrogens with one attached hydrogen (secondary N) is 1. The van der Waals surface area contributed by atoms with Gasteiger partial charge in [-0.15, -0.1) is 0 Å². The van der Waals surface area contributed by atoms with Gasteiger partial charge in [0.15, 0.2) is 0 Å². The first kappa shape index (κ1) is 13.0. The maximum atomic E-state index is 12.5. The van der Waals surface area contributed by atoms with E-state index in [2.05, 4.69) is 10.3 Å². The molecule has 1 aromatic rings. The Kier molecular flexibility index (Phi) is 3.97. The summed E-state index contributed by atoms with van der Waals surface area (Å²) in [5.41, 5.74) is 0.669. The average Bonchev–Trinajstić information content (AvgIpc) is 2.40. The number of rotatable bonds is 3. The van der Waals surface area contributed by atoms with Gasteiger partial charge in [0, 0.05) is 26.0 Å². The average molecular weight is 247 g/mol. The van der Waals surface area contributed by atoms with E-state index in [0.717, 1.165) is 31.4 Å². The highest BCUT2D eigenvalue weighted by Gasteiger charge is 2.36. The summed E-state index contributed by atoms with van der Waals surface area (Å²) < 4.78 is 0. The van der Waals surface area contributed by atoms with E-state index in [1.807, 2.05) is 26.1 Å². The van der Waals surface area contributed by atoms with Crippen molar-refractivity contribution < 1.29 is 4.79 Å². The van der Waals surface area contributed by atoms with Gasteiger partial charge in [0.25, 0.3) is 0 Å². The summed E-state index contributed by atoms with van der Waals surface area (Å²) in [5, 5.41) is 3.36. The van der Waals surface area contributed by atoms with E-state index in [0.29, 0.717) is 6.54 Å². The molecule has 4 heteroatoms. The van der Waals surface area contributed by atoms with Gasteiger partial charge >= 0.3 is 0 Å². The molecule has 0 radical (unpaired) electrons. The molecule has 2 heterocycles. The van der Waals surface area contributed by atoms with E-state index in [4.69, 9.17) is 0 Å². The number of piperidine rings is 1. The van der Waals surface area contributed by atoms with E-state index < -0.39 is 5.54 Å². The predicted octanol–water partition coefficient (Wildman–Crippen LogP) is 1.57. The summed E-state index contributed by atoms with van der Waals surface area (Å²) >= 11 is 0. The van der Waals surface area contributed by atoms with E-state index >= 15 is 0 Å². The van der Waals surface area contributed by atoms with E-state index in [1.54, 1.807) is 17.3 Å². The first-order valence-corrected chi connectivity index (χ1v) is 6.51. The van der Waals surface area contributed by atoms with Crippen LogP contribution in [0.25, 0.3) is 0 Å². The van der Waals surface area contributed by atoms with Gasteiger partial charge in [0.1, 0.15) is 0 Å². The van der Waals surface area contributed by atoms with Crippen LogP contribution in [0, 0.1) is 0 Å². The van der Waals surface area contributed by atoms with Crippen LogP contribution in [0.4, 0.5) is 0 Å². The van der Waals surface area contributed by atoms with E-state index in [9.17, 15) is 4.79 Å². The van der Waals surface area contributed by atoms with Crippen molar-refractivity contribution >= 4 is 5.91 Å². The monoisotopic (exact) mass is 247 g/mol. The van der Waals surface area contributed by atoms with Crippen molar-refractivity contribution in [3.63, 3.8) is 0 Å². The second-order valence-electron chi connectivity index (χ2n) is 5.24. The summed E-state index contributed by atoms with van der Waals surface area (Å²) in [6.07, 6.45) is 6.75. The quantitative estimate of drug-likeness (QED) is 0.882. The predicted molar refractivity (Wildman–Crippen MR) is 71.0 cm³/mol. The Hall–Kier alpha value is -1.42. The molecule has 1 fully saturated rings. The number of likely N-dealkylation sites (N-methyl/N-ethyl adjacent to an activating group) is 1. The van der Waals surface area contributed by atoms with Crippen LogP contribution >= 0.6 is 0 Å². The van der Waals surface area contributed by atoms with Crippen LogP contribution in [0.2, 0.25) is 0 Å². The van der Waals surface area contributed by atoms with Crippen molar-refractivity contribution in [2.24, 2.45) is 0 Å². The van der Waals surface area contributed by atoms with E-state index in [-0.39, 0.29) is 5.91 Å². The third kappa shape index (κ3) is 2.88. The first-order chi connectivity index (χ1) is 8.62. The molecule has 0 saturated carbocycles. The number of hydrogen-bond donors (Lipinski definition) is 1. The molecule has 4 nitrogen and oxygen atoms in total. The van der Waals surface area contributed by atoms with Gasteiger partial charge in [-0.05, 0) is 44.4 Å². The fraction of sp³-hybridized carbons (Fsp3) is 0.571. The van der Waals surface area contributed by atoms with Crippen LogP contribution in [0.3, 0.4) is 0 Å². The van der Waals surface area contributed by atoms with Gasteiger partial charge in [-0.3, -0.25) is 9.78 Å². The van der Waals surface area contributed by atoms with Crippen LogP contribution in [-0.4, -0.2) is 34.9 Å². The van der Waals surface area contributed by atoms with Gasteiger partial charge in [0.05, 0.1) is 5.54 Å². The third-order valence-electron chi connectivity index (χ3n) is 3.58. The van der Waals surface area contributed by atoms with Crippen molar-refractivity contribution in [2.45, 2.75) is 38.3 Å². The third-order valence-corrected chi connectivity index (χ3v) is 3.58. The van der Waals surface area contributed by atoms with Crippen LogP contribution in [0.1, 0.15) is 31.7 Å². The van der Waals surface area contributed by atoms with Crippen LogP contribution < -0.4 is 5.32 Å². The molecule has 1 aliphatic rings. The van der Waals surface area contributed by atoms with Crippen molar-refractivity contribution in [1.29, 1.82) is 0 Å². The molecule has 2 rings (SSSR count). The number of amides is 1. The number of nitrogens with zero attached hydrogens (tertiary/aromatic N) is 2. The molecule has 1 saturated heterocycles. The zero-order valence-corrected chi connectivity index (χ0v) is 11.1. The lowest BCUT2D eigenvalue weighted by Crippen LogP contribution is -2.57. The lowest BCUT2D eigenvalue weighted by molar-refractivity contribution is -0.137. The number of pyridine rings is 1. The fourth-order valence-electron chi connectivity index (χ4n) is 2.50. The molecule has 1 N–H and O–H groups in total. The Balaban J connectivity index is 2.00. The Labute approximate surface area is 108 Å². The topological polar surface area (TPSA) is 45.2 Å². The van der Waals surface area contributed by atoms with Crippen molar-refractivity contribution in [2.75, 3.05) is 13.6 Å². The normalized spacial score (nSPS) is 23.7. The molecule has 1 amide bonds. The molecule has 1 atom stereocenters. The largest absolute Gasteiger partial charge is 0.340 e. The number of carbonyl (C=O) groups excluding carboxylic acids is 1. The molecule has 0 spiro atoms. The van der Waals surface area contributed by atoms with Gasteiger partial charge in [0.2, 0.25) is 5.91 Å². The zero-order valence-electron chi connectivity index (χ0n) is 11.1. The summed E-state index contributed by atoms with van der Waals surface area (Å²) in [6.45, 7) is 3.56. The summed E-state index contributed by atoms with van der Waals surface area (Å²) in [4.78, 5) is 18.3. The summed E-state index contributed by atoms with van der Waals surface area (Å²) in [6, 6.07) is 3.89. The molecule has 1 aromatic heterocycles. The van der Waals surface area contributed by atoms with Gasteiger partial charge in [-0.25, -0.2) is 0 Å². The number of hydrogen-bond acceptors (Lipinski definition) is 3. The molecular weight excluding hydrogens is 226 g/mol. The first-order valence-electron chi connectivity index (χ1n) is 6.51. The second kappa shape index (κ2) is 5.48. The van der Waals surface area contributed by atoms with Gasteiger partial charge in [-0.1, -0.05) is 6.07 Å². The van der Waals surface area contributed by atoms with E-state index in [1.165, 1.54) is 0 Å². The summed E-state index contributed by atoms with van der Waals surface area (Å²) in [5.74, 6) is 0.172. The zero-order chi connectivity index (χ0) is 13.0. The van der Waals surface area contributed by atoms with Crippen LogP contribution in [-0.2, 0) is 11.3 Å². The van der Waals surface area contributed by atoms with Gasteiger partial charge < -0.3 is 10.2 Å². The fourth-order valence-corrected chi connectivity index (χ4v) is 2.50. The Morgan fingerprint density at radius 3 is 3.00 bits per heavy atom. The molecule has 0 aromatic carbocycles. The lowest BCUT2D eigenvalue weighted by atomic mass is 9.89.